The number of nitrogens with two attached hydrogens (primary N) is 1. The third kappa shape index (κ3) is 2.66. The molecule has 0 fully saturated rings. The summed E-state index contributed by atoms with van der Waals surface area (Å²) in [5.74, 6) is 1.05. The van der Waals surface area contributed by atoms with Gasteiger partial charge in [-0.15, -0.1) is 11.3 Å². The first-order valence-corrected chi connectivity index (χ1v) is 8.05. The zero-order valence-corrected chi connectivity index (χ0v) is 14.4. The van der Waals surface area contributed by atoms with Crippen molar-refractivity contribution in [3.05, 3.63) is 40.3 Å². The van der Waals surface area contributed by atoms with Crippen LogP contribution in [0.15, 0.2) is 24.3 Å². The second-order valence-electron chi connectivity index (χ2n) is 5.67. The largest absolute Gasteiger partial charge is 0.383 e. The molecule has 0 aliphatic carbocycles. The number of nitrogens with zero attached hydrogens (tertiary/aromatic N) is 3. The quantitative estimate of drug-likeness (QED) is 0.784. The number of thiophene rings is 1. The van der Waals surface area contributed by atoms with Gasteiger partial charge in [0.2, 0.25) is 0 Å². The molecular formula is C17H18N4OS. The first kappa shape index (κ1) is 15.4. The van der Waals surface area contributed by atoms with E-state index >= 15 is 0 Å². The van der Waals surface area contributed by atoms with Crippen LogP contribution in [-0.2, 0) is 0 Å². The summed E-state index contributed by atoms with van der Waals surface area (Å²) in [6.07, 6.45) is 0. The van der Waals surface area contributed by atoms with Crippen molar-refractivity contribution < 1.29 is 4.79 Å². The lowest BCUT2D eigenvalue weighted by Gasteiger charge is -2.10. The third-order valence-corrected chi connectivity index (χ3v) is 4.95. The monoisotopic (exact) mass is 326 g/mol. The summed E-state index contributed by atoms with van der Waals surface area (Å²) < 4.78 is 0. The molecule has 0 aliphatic heterocycles. The molecule has 3 rings (SSSR count). The summed E-state index contributed by atoms with van der Waals surface area (Å²) in [4.78, 5) is 24.6. The fraction of sp³-hybridized carbons (Fsp3) is 0.235. The Kier molecular flexibility index (Phi) is 3.77. The van der Waals surface area contributed by atoms with Gasteiger partial charge in [-0.25, -0.2) is 9.97 Å². The number of benzene rings is 1. The van der Waals surface area contributed by atoms with E-state index in [1.54, 1.807) is 42.5 Å². The molecule has 118 valence electrons. The second kappa shape index (κ2) is 5.62. The van der Waals surface area contributed by atoms with Gasteiger partial charge in [0.15, 0.2) is 5.82 Å². The third-order valence-electron chi connectivity index (χ3n) is 3.85. The van der Waals surface area contributed by atoms with Crippen LogP contribution < -0.4 is 5.73 Å². The van der Waals surface area contributed by atoms with E-state index in [1.807, 2.05) is 19.1 Å². The Morgan fingerprint density at radius 3 is 2.39 bits per heavy atom. The van der Waals surface area contributed by atoms with Gasteiger partial charge in [-0.1, -0.05) is 12.1 Å². The molecule has 1 amide bonds. The summed E-state index contributed by atoms with van der Waals surface area (Å²) in [5, 5.41) is 0.940. The van der Waals surface area contributed by atoms with E-state index in [4.69, 9.17) is 5.73 Å². The van der Waals surface area contributed by atoms with Gasteiger partial charge in [0.1, 0.15) is 10.6 Å². The van der Waals surface area contributed by atoms with E-state index in [0.717, 1.165) is 21.3 Å². The Bertz CT molecular complexity index is 897. The Morgan fingerprint density at radius 1 is 1.13 bits per heavy atom. The number of hydrogen-bond donors (Lipinski definition) is 1. The molecule has 0 spiro atoms. The first-order valence-electron chi connectivity index (χ1n) is 7.23. The number of nitrogen functional groups attached to an aromatic ring is 1. The normalized spacial score (nSPS) is 11.0. The van der Waals surface area contributed by atoms with Gasteiger partial charge in [-0.05, 0) is 31.5 Å². The number of aromatic nitrogens is 2. The Morgan fingerprint density at radius 2 is 1.78 bits per heavy atom. The maximum atomic E-state index is 11.9. The number of fused-ring (bicyclic) bond motifs is 1. The highest BCUT2D eigenvalue weighted by molar-refractivity contribution is 7.18. The summed E-state index contributed by atoms with van der Waals surface area (Å²) in [6.45, 7) is 4.09. The Hall–Kier alpha value is -2.47. The van der Waals surface area contributed by atoms with E-state index < -0.39 is 0 Å². The average Bonchev–Trinajstić information content (AvgIpc) is 2.81. The molecule has 2 heterocycles. The molecule has 2 N–H and O–H groups in total. The maximum Gasteiger partial charge on any atom is 0.253 e. The van der Waals surface area contributed by atoms with Crippen molar-refractivity contribution in [3.8, 4) is 11.4 Å². The van der Waals surface area contributed by atoms with Crippen molar-refractivity contribution in [2.24, 2.45) is 0 Å². The van der Waals surface area contributed by atoms with Gasteiger partial charge < -0.3 is 10.6 Å². The zero-order valence-electron chi connectivity index (χ0n) is 13.5. The predicted octanol–water partition coefficient (Wildman–Crippen LogP) is 3.26. The van der Waals surface area contributed by atoms with Gasteiger partial charge in [-0.3, -0.25) is 4.79 Å². The van der Waals surface area contributed by atoms with Crippen LogP contribution in [0.3, 0.4) is 0 Å². The minimum atomic E-state index is -0.0306. The number of carbonyl (C=O) groups excluding carboxylic acids is 1. The predicted molar refractivity (Wildman–Crippen MR) is 94.8 cm³/mol. The van der Waals surface area contributed by atoms with Crippen molar-refractivity contribution in [2.75, 3.05) is 19.8 Å². The minimum absolute atomic E-state index is 0.0306. The molecule has 0 saturated heterocycles. The van der Waals surface area contributed by atoms with Crippen LogP contribution in [0.25, 0.3) is 21.6 Å². The van der Waals surface area contributed by atoms with Crippen LogP contribution in [0.4, 0.5) is 5.82 Å². The SMILES string of the molecule is Cc1sc2nc(-c3ccc(C(=O)N(C)C)cc3)nc(N)c2c1C. The van der Waals surface area contributed by atoms with Crippen LogP contribution in [0.5, 0.6) is 0 Å². The lowest BCUT2D eigenvalue weighted by Crippen LogP contribution is -2.21. The minimum Gasteiger partial charge on any atom is -0.383 e. The molecule has 6 heteroatoms. The van der Waals surface area contributed by atoms with E-state index in [-0.39, 0.29) is 5.91 Å². The van der Waals surface area contributed by atoms with Crippen LogP contribution in [0, 0.1) is 13.8 Å². The molecule has 23 heavy (non-hydrogen) atoms. The highest BCUT2D eigenvalue weighted by atomic mass is 32.1. The van der Waals surface area contributed by atoms with Crippen LogP contribution in [0.1, 0.15) is 20.8 Å². The molecule has 0 radical (unpaired) electrons. The number of amides is 1. The summed E-state index contributed by atoms with van der Waals surface area (Å²) >= 11 is 1.62. The van der Waals surface area contributed by atoms with Crippen LogP contribution >= 0.6 is 11.3 Å². The topological polar surface area (TPSA) is 72.1 Å². The molecule has 0 atom stereocenters. The number of anilines is 1. The number of rotatable bonds is 2. The van der Waals surface area contributed by atoms with Gasteiger partial charge in [0.25, 0.3) is 5.91 Å². The van der Waals surface area contributed by atoms with Crippen LogP contribution in [0.2, 0.25) is 0 Å². The highest BCUT2D eigenvalue weighted by Gasteiger charge is 2.14. The molecular weight excluding hydrogens is 308 g/mol. The molecule has 0 saturated carbocycles. The average molecular weight is 326 g/mol. The molecule has 3 aromatic rings. The van der Waals surface area contributed by atoms with Crippen LogP contribution in [-0.4, -0.2) is 34.9 Å². The molecule has 0 unspecified atom stereocenters. The smallest absolute Gasteiger partial charge is 0.253 e. The fourth-order valence-corrected chi connectivity index (χ4v) is 3.47. The first-order chi connectivity index (χ1) is 10.9. The molecule has 1 aromatic carbocycles. The van der Waals surface area contributed by atoms with Crippen molar-refractivity contribution in [2.45, 2.75) is 13.8 Å². The van der Waals surface area contributed by atoms with E-state index in [2.05, 4.69) is 16.9 Å². The lowest BCUT2D eigenvalue weighted by atomic mass is 10.1. The van der Waals surface area contributed by atoms with Gasteiger partial charge in [0.05, 0.1) is 5.39 Å². The Balaban J connectivity index is 2.05. The van der Waals surface area contributed by atoms with E-state index in [9.17, 15) is 4.79 Å². The Labute approximate surface area is 138 Å². The van der Waals surface area contributed by atoms with Crippen molar-refractivity contribution >= 4 is 33.3 Å². The fourth-order valence-electron chi connectivity index (χ4n) is 2.43. The number of aryl methyl sites for hydroxylation is 2. The molecule has 2 aromatic heterocycles. The maximum absolute atomic E-state index is 11.9. The second-order valence-corrected chi connectivity index (χ2v) is 6.88. The van der Waals surface area contributed by atoms with Crippen molar-refractivity contribution in [3.63, 3.8) is 0 Å². The standard InChI is InChI=1S/C17H18N4OS/c1-9-10(2)23-16-13(9)14(18)19-15(20-16)11-5-7-12(8-6-11)17(22)21(3)4/h5-8H,1-4H3,(H2,18,19,20). The summed E-state index contributed by atoms with van der Waals surface area (Å²) in [5.41, 5.74) is 8.74. The highest BCUT2D eigenvalue weighted by Crippen LogP contribution is 2.33. The number of carbonyl (C=O) groups is 1. The lowest BCUT2D eigenvalue weighted by molar-refractivity contribution is 0.0827. The zero-order chi connectivity index (χ0) is 16.7. The van der Waals surface area contributed by atoms with E-state index in [1.165, 1.54) is 4.88 Å². The van der Waals surface area contributed by atoms with Crippen molar-refractivity contribution in [1.82, 2.24) is 14.9 Å². The number of hydrogen-bond acceptors (Lipinski definition) is 5. The summed E-state index contributed by atoms with van der Waals surface area (Å²) in [7, 11) is 3.46. The molecule has 0 aliphatic rings. The van der Waals surface area contributed by atoms with Gasteiger partial charge in [-0.2, -0.15) is 0 Å². The van der Waals surface area contributed by atoms with Gasteiger partial charge >= 0.3 is 0 Å². The van der Waals surface area contributed by atoms with Gasteiger partial charge in [0, 0.05) is 30.1 Å². The molecule has 0 bridgehead atoms. The van der Waals surface area contributed by atoms with E-state index in [0.29, 0.717) is 17.2 Å². The molecule has 5 nitrogen and oxygen atoms in total. The van der Waals surface area contributed by atoms with Crippen molar-refractivity contribution in [1.29, 1.82) is 0 Å². The summed E-state index contributed by atoms with van der Waals surface area (Å²) in [6, 6.07) is 7.27.